The quantitative estimate of drug-likeness (QED) is 0.417. The lowest BCUT2D eigenvalue weighted by atomic mass is 10.2. The highest BCUT2D eigenvalue weighted by Crippen LogP contribution is 2.20. The molecule has 0 saturated carbocycles. The molecule has 0 rings (SSSR count). The fraction of sp³-hybridized carbons (Fsp3) is 0.923. The molecule has 0 aromatic carbocycles. The van der Waals surface area contributed by atoms with Crippen LogP contribution in [0, 0.1) is 0 Å². The molecule has 1 atom stereocenters. The summed E-state index contributed by atoms with van der Waals surface area (Å²) in [4.78, 5) is 11.7. The van der Waals surface area contributed by atoms with Crippen LogP contribution in [-0.2, 0) is 9.53 Å². The van der Waals surface area contributed by atoms with Crippen LogP contribution in [0.25, 0.3) is 0 Å². The maximum absolute atomic E-state index is 11.9. The van der Waals surface area contributed by atoms with Crippen molar-refractivity contribution in [3.8, 4) is 0 Å². The molecular weight excluding hydrogens is 239 g/mol. The summed E-state index contributed by atoms with van der Waals surface area (Å²) in [6.07, 6.45) is 5.57. The molecule has 2 nitrogen and oxygen atoms in total. The van der Waals surface area contributed by atoms with Gasteiger partial charge in [-0.05, 0) is 31.9 Å². The first-order valence-electron chi connectivity index (χ1n) is 6.60. The number of ether oxygens (including phenoxy) is 1. The van der Waals surface area contributed by atoms with Gasteiger partial charge in [-0.15, -0.1) is 11.8 Å². The standard InChI is InChI=1S/C13H25FO2S/c1-3-5-9-12(13(15)16-4-2)17-11-8-6-7-10-14/h12H,3-11H2,1-2H3. The lowest BCUT2D eigenvalue weighted by molar-refractivity contribution is -0.142. The molecule has 0 amide bonds. The number of thioether (sulfide) groups is 1. The van der Waals surface area contributed by atoms with E-state index in [0.29, 0.717) is 13.0 Å². The van der Waals surface area contributed by atoms with Crippen LogP contribution in [0.5, 0.6) is 0 Å². The van der Waals surface area contributed by atoms with Gasteiger partial charge in [0.2, 0.25) is 0 Å². The Bertz CT molecular complexity index is 188. The van der Waals surface area contributed by atoms with Gasteiger partial charge in [-0.2, -0.15) is 0 Å². The van der Waals surface area contributed by atoms with Crippen LogP contribution in [0.15, 0.2) is 0 Å². The van der Waals surface area contributed by atoms with Crippen LogP contribution in [0.1, 0.15) is 52.4 Å². The van der Waals surface area contributed by atoms with E-state index >= 15 is 0 Å². The molecule has 0 aliphatic rings. The van der Waals surface area contributed by atoms with Gasteiger partial charge in [-0.1, -0.05) is 26.2 Å². The first kappa shape index (κ1) is 16.8. The monoisotopic (exact) mass is 264 g/mol. The lowest BCUT2D eigenvalue weighted by Gasteiger charge is -2.14. The van der Waals surface area contributed by atoms with Crippen LogP contribution >= 0.6 is 11.8 Å². The molecule has 0 spiro atoms. The third-order valence-corrected chi connectivity index (χ3v) is 3.82. The van der Waals surface area contributed by atoms with E-state index < -0.39 is 0 Å². The summed E-state index contributed by atoms with van der Waals surface area (Å²) in [6, 6.07) is 0. The van der Waals surface area contributed by atoms with E-state index in [0.717, 1.165) is 37.9 Å². The van der Waals surface area contributed by atoms with Crippen molar-refractivity contribution in [3.63, 3.8) is 0 Å². The number of unbranched alkanes of at least 4 members (excludes halogenated alkanes) is 3. The summed E-state index contributed by atoms with van der Waals surface area (Å²) in [6.45, 7) is 4.17. The van der Waals surface area contributed by atoms with Gasteiger partial charge in [0.1, 0.15) is 5.25 Å². The maximum Gasteiger partial charge on any atom is 0.319 e. The van der Waals surface area contributed by atoms with Gasteiger partial charge in [-0.25, -0.2) is 0 Å². The summed E-state index contributed by atoms with van der Waals surface area (Å²) in [5, 5.41) is -0.0275. The summed E-state index contributed by atoms with van der Waals surface area (Å²) in [7, 11) is 0. The maximum atomic E-state index is 11.9. The highest BCUT2D eigenvalue weighted by Gasteiger charge is 2.19. The van der Waals surface area contributed by atoms with Gasteiger partial charge in [0.25, 0.3) is 0 Å². The molecule has 4 heteroatoms. The fourth-order valence-electron chi connectivity index (χ4n) is 1.49. The van der Waals surface area contributed by atoms with Gasteiger partial charge in [-0.3, -0.25) is 9.18 Å². The van der Waals surface area contributed by atoms with Crippen molar-refractivity contribution in [1.29, 1.82) is 0 Å². The summed E-state index contributed by atoms with van der Waals surface area (Å²) < 4.78 is 17.0. The van der Waals surface area contributed by atoms with E-state index in [9.17, 15) is 9.18 Å². The lowest BCUT2D eigenvalue weighted by Crippen LogP contribution is -2.20. The van der Waals surface area contributed by atoms with Crippen molar-refractivity contribution in [1.82, 2.24) is 0 Å². The topological polar surface area (TPSA) is 26.3 Å². The number of alkyl halides is 1. The van der Waals surface area contributed by atoms with Crippen LogP contribution in [-0.4, -0.2) is 30.3 Å². The SMILES string of the molecule is CCCCC(SCCCCCF)C(=O)OCC. The Morgan fingerprint density at radius 2 is 2.00 bits per heavy atom. The highest BCUT2D eigenvalue weighted by atomic mass is 32.2. The van der Waals surface area contributed by atoms with Crippen LogP contribution in [0.4, 0.5) is 4.39 Å². The molecule has 0 heterocycles. The average molecular weight is 264 g/mol. The van der Waals surface area contributed by atoms with Crippen LogP contribution < -0.4 is 0 Å². The molecule has 1 unspecified atom stereocenters. The number of carbonyl (C=O) groups is 1. The van der Waals surface area contributed by atoms with Gasteiger partial charge in [0.15, 0.2) is 0 Å². The number of esters is 1. The molecular formula is C13H25FO2S. The van der Waals surface area contributed by atoms with E-state index in [2.05, 4.69) is 6.92 Å². The van der Waals surface area contributed by atoms with E-state index in [1.807, 2.05) is 6.92 Å². The Morgan fingerprint density at radius 3 is 2.59 bits per heavy atom. The summed E-state index contributed by atoms with van der Waals surface area (Å²) in [5.41, 5.74) is 0. The third-order valence-electron chi connectivity index (χ3n) is 2.47. The van der Waals surface area contributed by atoms with Gasteiger partial charge in [0, 0.05) is 0 Å². The first-order chi connectivity index (χ1) is 8.26. The van der Waals surface area contributed by atoms with Crippen LogP contribution in [0.3, 0.4) is 0 Å². The Labute approximate surface area is 109 Å². The molecule has 0 bridgehead atoms. The van der Waals surface area contributed by atoms with Crippen molar-refractivity contribution < 1.29 is 13.9 Å². The minimum atomic E-state index is -0.234. The zero-order valence-corrected chi connectivity index (χ0v) is 11.9. The number of carbonyl (C=O) groups excluding carboxylic acids is 1. The fourth-order valence-corrected chi connectivity index (χ4v) is 2.69. The number of hydrogen-bond acceptors (Lipinski definition) is 3. The zero-order valence-electron chi connectivity index (χ0n) is 11.0. The van der Waals surface area contributed by atoms with Crippen LogP contribution in [0.2, 0.25) is 0 Å². The second kappa shape index (κ2) is 12.2. The van der Waals surface area contributed by atoms with Gasteiger partial charge >= 0.3 is 5.97 Å². The third kappa shape index (κ3) is 9.45. The molecule has 0 N–H and O–H groups in total. The predicted molar refractivity (Wildman–Crippen MR) is 72.2 cm³/mol. The minimum absolute atomic E-state index is 0.0275. The predicted octanol–water partition coefficient (Wildman–Crippen LogP) is 3.98. The molecule has 0 radical (unpaired) electrons. The smallest absolute Gasteiger partial charge is 0.319 e. The molecule has 0 aliphatic carbocycles. The van der Waals surface area contributed by atoms with Crippen molar-refractivity contribution in [2.24, 2.45) is 0 Å². The molecule has 0 fully saturated rings. The van der Waals surface area contributed by atoms with E-state index in [4.69, 9.17) is 4.74 Å². The number of rotatable bonds is 11. The van der Waals surface area contributed by atoms with Crippen molar-refractivity contribution in [2.75, 3.05) is 19.0 Å². The Balaban J connectivity index is 3.80. The molecule has 102 valence electrons. The minimum Gasteiger partial charge on any atom is -0.465 e. The molecule has 17 heavy (non-hydrogen) atoms. The summed E-state index contributed by atoms with van der Waals surface area (Å²) in [5.74, 6) is 0.837. The van der Waals surface area contributed by atoms with E-state index in [1.54, 1.807) is 11.8 Å². The van der Waals surface area contributed by atoms with Crippen molar-refractivity contribution in [2.45, 2.75) is 57.6 Å². The van der Waals surface area contributed by atoms with Crippen molar-refractivity contribution >= 4 is 17.7 Å². The molecule has 0 saturated heterocycles. The second-order valence-electron chi connectivity index (χ2n) is 4.00. The summed E-state index contributed by atoms with van der Waals surface area (Å²) >= 11 is 1.66. The highest BCUT2D eigenvalue weighted by molar-refractivity contribution is 8.00. The Morgan fingerprint density at radius 1 is 1.24 bits per heavy atom. The Kier molecular flexibility index (Phi) is 12.0. The number of hydrogen-bond donors (Lipinski definition) is 0. The normalized spacial score (nSPS) is 12.4. The zero-order chi connectivity index (χ0) is 12.9. The van der Waals surface area contributed by atoms with Crippen molar-refractivity contribution in [3.05, 3.63) is 0 Å². The average Bonchev–Trinajstić information content (AvgIpc) is 2.33. The Hall–Kier alpha value is -0.250. The van der Waals surface area contributed by atoms with Gasteiger partial charge < -0.3 is 4.74 Å². The largest absolute Gasteiger partial charge is 0.465 e. The second-order valence-corrected chi connectivity index (χ2v) is 5.31. The number of halogens is 1. The first-order valence-corrected chi connectivity index (χ1v) is 7.65. The molecule has 0 aromatic heterocycles. The molecule has 0 aromatic rings. The van der Waals surface area contributed by atoms with E-state index in [1.165, 1.54) is 0 Å². The van der Waals surface area contributed by atoms with E-state index in [-0.39, 0.29) is 17.9 Å². The van der Waals surface area contributed by atoms with Gasteiger partial charge in [0.05, 0.1) is 13.3 Å². The molecule has 0 aliphatic heterocycles.